The highest BCUT2D eigenvalue weighted by atomic mass is 19.1. The van der Waals surface area contributed by atoms with Crippen LogP contribution in [0.25, 0.3) is 0 Å². The number of carbonyl (C=O) groups is 1. The van der Waals surface area contributed by atoms with Gasteiger partial charge in [-0.25, -0.2) is 9.37 Å². The van der Waals surface area contributed by atoms with Crippen LogP contribution in [-0.2, 0) is 6.42 Å². The maximum absolute atomic E-state index is 13.5. The lowest BCUT2D eigenvalue weighted by atomic mass is 9.96. The first-order valence-corrected chi connectivity index (χ1v) is 9.24. The third-order valence-corrected chi connectivity index (χ3v) is 4.94. The van der Waals surface area contributed by atoms with Crippen LogP contribution in [-0.4, -0.2) is 42.5 Å². The Hall–Kier alpha value is -2.43. The number of benzene rings is 1. The van der Waals surface area contributed by atoms with Crippen molar-refractivity contribution >= 4 is 11.7 Å². The second-order valence-corrected chi connectivity index (χ2v) is 7.08. The van der Waals surface area contributed by atoms with Crippen molar-refractivity contribution in [3.8, 4) is 0 Å². The van der Waals surface area contributed by atoms with E-state index in [2.05, 4.69) is 4.98 Å². The highest BCUT2D eigenvalue weighted by Gasteiger charge is 2.27. The van der Waals surface area contributed by atoms with Gasteiger partial charge in [-0.2, -0.15) is 0 Å². The summed E-state index contributed by atoms with van der Waals surface area (Å²) in [5.41, 5.74) is 1.48. The quantitative estimate of drug-likeness (QED) is 0.816. The molecule has 4 nitrogen and oxygen atoms in total. The molecule has 0 saturated carbocycles. The fraction of sp³-hybridized carbons (Fsp3) is 0.429. The second kappa shape index (κ2) is 8.30. The van der Waals surface area contributed by atoms with Crippen molar-refractivity contribution in [2.24, 2.45) is 0 Å². The first-order valence-electron chi connectivity index (χ1n) is 9.24. The van der Waals surface area contributed by atoms with Gasteiger partial charge in [0.2, 0.25) is 0 Å². The summed E-state index contributed by atoms with van der Waals surface area (Å²) >= 11 is 0. The molecule has 1 fully saturated rings. The van der Waals surface area contributed by atoms with E-state index in [9.17, 15) is 9.18 Å². The largest absolute Gasteiger partial charge is 0.363 e. The number of pyridine rings is 1. The van der Waals surface area contributed by atoms with Crippen molar-refractivity contribution in [3.05, 3.63) is 59.5 Å². The van der Waals surface area contributed by atoms with Crippen molar-refractivity contribution < 1.29 is 9.18 Å². The molecule has 1 unspecified atom stereocenters. The zero-order valence-electron chi connectivity index (χ0n) is 15.5. The fourth-order valence-electron chi connectivity index (χ4n) is 3.53. The van der Waals surface area contributed by atoms with Gasteiger partial charge in [0.1, 0.15) is 11.6 Å². The highest BCUT2D eigenvalue weighted by Crippen LogP contribution is 2.24. The Morgan fingerprint density at radius 3 is 2.81 bits per heavy atom. The van der Waals surface area contributed by atoms with Gasteiger partial charge in [-0.15, -0.1) is 0 Å². The first-order chi connectivity index (χ1) is 12.5. The van der Waals surface area contributed by atoms with Crippen LogP contribution in [0.4, 0.5) is 10.2 Å². The normalized spacial score (nSPS) is 17.2. The maximum atomic E-state index is 13.5. The molecule has 0 bridgehead atoms. The van der Waals surface area contributed by atoms with E-state index in [1.807, 2.05) is 42.1 Å². The summed E-state index contributed by atoms with van der Waals surface area (Å²) < 4.78 is 13.5. The van der Waals surface area contributed by atoms with E-state index in [1.165, 1.54) is 12.1 Å². The molecule has 2 aromatic rings. The van der Waals surface area contributed by atoms with Crippen molar-refractivity contribution in [3.63, 3.8) is 0 Å². The van der Waals surface area contributed by atoms with E-state index in [4.69, 9.17) is 0 Å². The molecule has 0 N–H and O–H groups in total. The third-order valence-electron chi connectivity index (χ3n) is 4.94. The van der Waals surface area contributed by atoms with Crippen molar-refractivity contribution in [1.29, 1.82) is 0 Å². The van der Waals surface area contributed by atoms with Gasteiger partial charge in [-0.05, 0) is 62.4 Å². The molecular formula is C21H26FN3O. The summed E-state index contributed by atoms with van der Waals surface area (Å²) in [7, 11) is 3.96. The third kappa shape index (κ3) is 4.40. The number of aromatic nitrogens is 1. The summed E-state index contributed by atoms with van der Waals surface area (Å²) in [5.74, 6) is 0.511. The Labute approximate surface area is 154 Å². The van der Waals surface area contributed by atoms with Crippen LogP contribution in [0.15, 0.2) is 42.5 Å². The van der Waals surface area contributed by atoms with Crippen LogP contribution >= 0.6 is 0 Å². The number of nitrogens with zero attached hydrogens (tertiary/aromatic N) is 3. The minimum Gasteiger partial charge on any atom is -0.363 e. The molecule has 0 radical (unpaired) electrons. The second-order valence-electron chi connectivity index (χ2n) is 7.08. The van der Waals surface area contributed by atoms with E-state index in [1.54, 1.807) is 12.1 Å². The molecule has 0 aliphatic carbocycles. The predicted molar refractivity (Wildman–Crippen MR) is 102 cm³/mol. The number of amides is 1. The maximum Gasteiger partial charge on any atom is 0.254 e. The molecule has 3 rings (SSSR count). The van der Waals surface area contributed by atoms with E-state index in [-0.39, 0.29) is 17.8 Å². The van der Waals surface area contributed by atoms with Gasteiger partial charge >= 0.3 is 0 Å². The minimum absolute atomic E-state index is 0.0656. The van der Waals surface area contributed by atoms with Crippen LogP contribution < -0.4 is 4.90 Å². The summed E-state index contributed by atoms with van der Waals surface area (Å²) in [4.78, 5) is 21.4. The Morgan fingerprint density at radius 1 is 1.23 bits per heavy atom. The lowest BCUT2D eigenvalue weighted by molar-refractivity contribution is 0.0601. The molecule has 1 aromatic heterocycles. The predicted octanol–water partition coefficient (Wildman–Crippen LogP) is 3.91. The lowest BCUT2D eigenvalue weighted by Gasteiger charge is -2.36. The number of rotatable bonds is 5. The summed E-state index contributed by atoms with van der Waals surface area (Å²) in [6, 6.07) is 12.2. The smallest absolute Gasteiger partial charge is 0.254 e. The number of carbonyl (C=O) groups excluding carboxylic acids is 1. The molecule has 2 heterocycles. The average Bonchev–Trinajstić information content (AvgIpc) is 2.66. The van der Waals surface area contributed by atoms with Crippen LogP contribution in [0.3, 0.4) is 0 Å². The zero-order valence-corrected chi connectivity index (χ0v) is 15.5. The number of halogens is 1. The van der Waals surface area contributed by atoms with Gasteiger partial charge < -0.3 is 9.80 Å². The minimum atomic E-state index is -0.367. The lowest BCUT2D eigenvalue weighted by Crippen LogP contribution is -2.44. The van der Waals surface area contributed by atoms with E-state index in [0.717, 1.165) is 50.2 Å². The summed E-state index contributed by atoms with van der Waals surface area (Å²) in [6.45, 7) is 0.741. The van der Waals surface area contributed by atoms with Gasteiger partial charge in [-0.3, -0.25) is 4.79 Å². The fourth-order valence-corrected chi connectivity index (χ4v) is 3.53. The first kappa shape index (κ1) is 18.4. The molecule has 26 heavy (non-hydrogen) atoms. The molecule has 1 aromatic carbocycles. The van der Waals surface area contributed by atoms with Crippen molar-refractivity contribution in [1.82, 2.24) is 9.88 Å². The number of hydrogen-bond donors (Lipinski definition) is 0. The molecule has 1 aliphatic rings. The summed E-state index contributed by atoms with van der Waals surface area (Å²) in [6.07, 6.45) is 4.84. The Morgan fingerprint density at radius 2 is 2.04 bits per heavy atom. The molecular weight excluding hydrogens is 329 g/mol. The molecule has 138 valence electrons. The Bertz CT molecular complexity index is 762. The van der Waals surface area contributed by atoms with Gasteiger partial charge in [-0.1, -0.05) is 12.1 Å². The topological polar surface area (TPSA) is 36.4 Å². The standard InChI is InChI=1S/C21H26FN3O/c1-24(2)20-11-6-9-18(23-20)12-13-19-10-3-4-14-25(19)21(26)16-7-5-8-17(22)15-16/h5-9,11,15,19H,3-4,10,12-14H2,1-2H3. The van der Waals surface area contributed by atoms with Gasteiger partial charge in [0.15, 0.2) is 0 Å². The van der Waals surface area contributed by atoms with E-state index < -0.39 is 0 Å². The number of hydrogen-bond acceptors (Lipinski definition) is 3. The molecule has 1 aliphatic heterocycles. The number of likely N-dealkylation sites (tertiary alicyclic amines) is 1. The zero-order chi connectivity index (χ0) is 18.5. The van der Waals surface area contributed by atoms with Crippen molar-refractivity contribution in [2.45, 2.75) is 38.1 Å². The molecule has 1 saturated heterocycles. The number of aryl methyl sites for hydroxylation is 1. The van der Waals surface area contributed by atoms with E-state index >= 15 is 0 Å². The molecule has 0 spiro atoms. The van der Waals surface area contributed by atoms with Gasteiger partial charge in [0.05, 0.1) is 0 Å². The SMILES string of the molecule is CN(C)c1cccc(CCC2CCCCN2C(=O)c2cccc(F)c2)n1. The molecule has 1 amide bonds. The van der Waals surface area contributed by atoms with Crippen LogP contribution in [0.5, 0.6) is 0 Å². The monoisotopic (exact) mass is 355 g/mol. The summed E-state index contributed by atoms with van der Waals surface area (Å²) in [5, 5.41) is 0. The van der Waals surface area contributed by atoms with Crippen LogP contribution in [0, 0.1) is 5.82 Å². The van der Waals surface area contributed by atoms with E-state index in [0.29, 0.717) is 5.56 Å². The van der Waals surface area contributed by atoms with Gasteiger partial charge in [0, 0.05) is 37.9 Å². The van der Waals surface area contributed by atoms with Crippen molar-refractivity contribution in [2.75, 3.05) is 25.5 Å². The Balaban J connectivity index is 1.69. The van der Waals surface area contributed by atoms with Gasteiger partial charge in [0.25, 0.3) is 5.91 Å². The van der Waals surface area contributed by atoms with Crippen LogP contribution in [0.1, 0.15) is 41.7 Å². The van der Waals surface area contributed by atoms with Crippen LogP contribution in [0.2, 0.25) is 0 Å². The Kier molecular flexibility index (Phi) is 5.86. The number of anilines is 1. The molecule has 1 atom stereocenters. The number of piperidine rings is 1. The average molecular weight is 355 g/mol. The highest BCUT2D eigenvalue weighted by molar-refractivity contribution is 5.94. The molecule has 5 heteroatoms.